The first-order valence-electron chi connectivity index (χ1n) is 9.36. The summed E-state index contributed by atoms with van der Waals surface area (Å²) in [4.78, 5) is 8.08. The van der Waals surface area contributed by atoms with Crippen molar-refractivity contribution in [3.63, 3.8) is 0 Å². The van der Waals surface area contributed by atoms with E-state index in [-0.39, 0.29) is 23.7 Å². The average Bonchev–Trinajstić information content (AvgIpc) is 2.68. The monoisotopic (exact) mass is 375 g/mol. The normalized spacial score (nSPS) is 11.9. The topological polar surface area (TPSA) is 82.3 Å². The number of benzene rings is 1. The Morgan fingerprint density at radius 3 is 2.65 bits per heavy atom. The highest BCUT2D eigenvalue weighted by Gasteiger charge is 1.99. The van der Waals surface area contributed by atoms with E-state index in [2.05, 4.69) is 20.6 Å². The highest BCUT2D eigenvalue weighted by Crippen LogP contribution is 2.16. The first-order chi connectivity index (χ1) is 13.6. The van der Waals surface area contributed by atoms with Gasteiger partial charge in [-0.15, -0.1) is 0 Å². The maximum atomic E-state index is 8.85. The quantitative estimate of drug-likeness (QED) is 0.225. The number of pyridine rings is 1. The van der Waals surface area contributed by atoms with Crippen LogP contribution in [0.4, 0.5) is 5.69 Å². The second-order valence-corrected chi connectivity index (χ2v) is 5.82. The van der Waals surface area contributed by atoms with E-state index in [1.807, 2.05) is 18.3 Å². The SMILES string of the molecule is [3H]c1cncc([3H])c1NC(=NCCCCCCOc1ccc(Cl)cc1)NC#N. The molecular weight excluding hydrogens is 350 g/mol. The number of hydrogen-bond acceptors (Lipinski definition) is 4. The number of ether oxygens (including phenoxy) is 1. The summed E-state index contributed by atoms with van der Waals surface area (Å²) in [6.45, 7) is 1.18. The van der Waals surface area contributed by atoms with Crippen molar-refractivity contribution < 1.29 is 7.48 Å². The Kier molecular flexibility index (Phi) is 7.52. The van der Waals surface area contributed by atoms with Gasteiger partial charge in [0.15, 0.2) is 6.19 Å². The molecule has 2 aromatic rings. The number of hydrogen-bond donors (Lipinski definition) is 2. The summed E-state index contributed by atoms with van der Waals surface area (Å²) in [5.41, 5.74) is 0.260. The predicted molar refractivity (Wildman–Crippen MR) is 104 cm³/mol. The number of aliphatic imine (C=N–C) groups is 1. The van der Waals surface area contributed by atoms with Crippen molar-refractivity contribution in [2.45, 2.75) is 25.7 Å². The molecular formula is C19H22ClN5O. The zero-order chi connectivity index (χ0) is 20.2. The van der Waals surface area contributed by atoms with E-state index >= 15 is 0 Å². The van der Waals surface area contributed by atoms with E-state index in [9.17, 15) is 0 Å². The van der Waals surface area contributed by atoms with Crippen molar-refractivity contribution in [1.29, 1.82) is 5.26 Å². The van der Waals surface area contributed by atoms with E-state index in [4.69, 9.17) is 24.3 Å². The molecule has 1 aromatic carbocycles. The first kappa shape index (κ1) is 16.7. The molecule has 0 radical (unpaired) electrons. The zero-order valence-electron chi connectivity index (χ0n) is 16.3. The van der Waals surface area contributed by atoms with Crippen LogP contribution in [0, 0.1) is 11.5 Å². The summed E-state index contributed by atoms with van der Waals surface area (Å²) in [5.74, 6) is 1.03. The molecule has 1 aromatic heterocycles. The molecule has 0 aliphatic rings. The minimum atomic E-state index is 0.0700. The van der Waals surface area contributed by atoms with Crippen molar-refractivity contribution in [3.05, 3.63) is 53.8 Å². The summed E-state index contributed by atoms with van der Waals surface area (Å²) in [7, 11) is 0. The Hall–Kier alpha value is -2.78. The van der Waals surface area contributed by atoms with Crippen LogP contribution in [-0.4, -0.2) is 24.1 Å². The average molecular weight is 376 g/mol. The third-order valence-electron chi connectivity index (χ3n) is 3.39. The summed E-state index contributed by atoms with van der Waals surface area (Å²) < 4.78 is 21.2. The van der Waals surface area contributed by atoms with Gasteiger partial charge in [0.25, 0.3) is 0 Å². The lowest BCUT2D eigenvalue weighted by atomic mass is 10.2. The molecule has 1 heterocycles. The van der Waals surface area contributed by atoms with Crippen LogP contribution in [0.5, 0.6) is 5.75 Å². The fourth-order valence-electron chi connectivity index (χ4n) is 2.12. The molecule has 0 bridgehead atoms. The van der Waals surface area contributed by atoms with Gasteiger partial charge < -0.3 is 10.1 Å². The minimum Gasteiger partial charge on any atom is -0.494 e. The van der Waals surface area contributed by atoms with Gasteiger partial charge >= 0.3 is 0 Å². The molecule has 0 amide bonds. The standard InChI is InChI=1S/C19H22ClN5O/c20-16-5-7-18(8-6-16)26-14-4-2-1-3-11-23-19(24-15-21)25-17-9-12-22-13-10-17/h5-10,12-13H,1-4,11,14H2,(H2,22,23,24,25)/i9T,10T. The molecule has 26 heavy (non-hydrogen) atoms. The maximum Gasteiger partial charge on any atom is 0.209 e. The Bertz CT molecular complexity index is 804. The third-order valence-corrected chi connectivity index (χ3v) is 3.64. The molecule has 7 heteroatoms. The lowest BCUT2D eigenvalue weighted by molar-refractivity contribution is 0.305. The fraction of sp³-hybridized carbons (Fsp3) is 0.316. The molecule has 0 spiro atoms. The summed E-state index contributed by atoms with van der Waals surface area (Å²) in [6.07, 6.45) is 8.26. The van der Waals surface area contributed by atoms with Crippen molar-refractivity contribution in [2.24, 2.45) is 4.99 Å². The third kappa shape index (κ3) is 7.86. The van der Waals surface area contributed by atoms with Gasteiger partial charge in [-0.2, -0.15) is 5.26 Å². The lowest BCUT2D eigenvalue weighted by Crippen LogP contribution is -2.27. The highest BCUT2D eigenvalue weighted by molar-refractivity contribution is 6.30. The Balaban J connectivity index is 1.68. The van der Waals surface area contributed by atoms with Gasteiger partial charge in [-0.25, -0.2) is 0 Å². The molecule has 136 valence electrons. The Morgan fingerprint density at radius 2 is 1.92 bits per heavy atom. The van der Waals surface area contributed by atoms with Crippen LogP contribution >= 0.6 is 11.6 Å². The van der Waals surface area contributed by atoms with Crippen molar-refractivity contribution in [1.82, 2.24) is 10.3 Å². The molecule has 0 fully saturated rings. The summed E-state index contributed by atoms with van der Waals surface area (Å²) in [5, 5.41) is 14.8. The predicted octanol–water partition coefficient (Wildman–Crippen LogP) is 4.21. The van der Waals surface area contributed by atoms with Gasteiger partial charge in [0.2, 0.25) is 5.96 Å². The number of halogens is 1. The number of aromatic nitrogens is 1. The molecule has 0 aliphatic carbocycles. The molecule has 0 unspecified atom stereocenters. The summed E-state index contributed by atoms with van der Waals surface area (Å²) >= 11 is 5.83. The molecule has 0 saturated carbocycles. The highest BCUT2D eigenvalue weighted by atomic mass is 35.5. The van der Waals surface area contributed by atoms with Crippen LogP contribution in [0.3, 0.4) is 0 Å². The number of nitrogens with zero attached hydrogens (tertiary/aromatic N) is 3. The second kappa shape index (κ2) is 11.7. The minimum absolute atomic E-state index is 0.0700. The molecule has 2 rings (SSSR count). The molecule has 0 saturated heterocycles. The number of guanidine groups is 1. The van der Waals surface area contributed by atoms with Crippen LogP contribution in [-0.2, 0) is 0 Å². The van der Waals surface area contributed by atoms with Gasteiger partial charge in [0.05, 0.1) is 9.35 Å². The van der Waals surface area contributed by atoms with Gasteiger partial charge in [0, 0.05) is 29.6 Å². The van der Waals surface area contributed by atoms with Crippen molar-refractivity contribution >= 4 is 23.2 Å². The van der Waals surface area contributed by atoms with Gasteiger partial charge in [-0.05, 0) is 55.6 Å². The number of rotatable bonds is 9. The Morgan fingerprint density at radius 1 is 1.19 bits per heavy atom. The van der Waals surface area contributed by atoms with Crippen LogP contribution in [0.1, 0.15) is 28.4 Å². The molecule has 6 nitrogen and oxygen atoms in total. The number of anilines is 1. The maximum absolute atomic E-state index is 8.85. The van der Waals surface area contributed by atoms with Crippen LogP contribution in [0.15, 0.2) is 53.7 Å². The van der Waals surface area contributed by atoms with Gasteiger partial charge in [-0.3, -0.25) is 15.3 Å². The van der Waals surface area contributed by atoms with E-state index in [1.54, 1.807) is 12.1 Å². The lowest BCUT2D eigenvalue weighted by Gasteiger charge is -2.08. The van der Waals surface area contributed by atoms with Crippen LogP contribution < -0.4 is 15.4 Å². The zero-order valence-corrected chi connectivity index (χ0v) is 15.1. The van der Waals surface area contributed by atoms with E-state index in [0.717, 1.165) is 31.4 Å². The van der Waals surface area contributed by atoms with E-state index in [1.165, 1.54) is 12.4 Å². The van der Waals surface area contributed by atoms with Crippen LogP contribution in [0.2, 0.25) is 5.02 Å². The summed E-state index contributed by atoms with van der Waals surface area (Å²) in [6, 6.07) is 7.44. The van der Waals surface area contributed by atoms with Gasteiger partial charge in [0.1, 0.15) is 5.75 Å². The van der Waals surface area contributed by atoms with Crippen molar-refractivity contribution in [2.75, 3.05) is 18.5 Å². The fourth-order valence-corrected chi connectivity index (χ4v) is 2.24. The molecule has 0 aliphatic heterocycles. The largest absolute Gasteiger partial charge is 0.494 e. The number of nitriles is 1. The number of nitrogens with one attached hydrogen (secondary N) is 2. The number of unbranched alkanes of at least 4 members (excludes halogenated alkanes) is 3. The van der Waals surface area contributed by atoms with Crippen molar-refractivity contribution in [3.8, 4) is 11.9 Å². The molecule has 2 N–H and O–H groups in total. The van der Waals surface area contributed by atoms with E-state index < -0.39 is 0 Å². The second-order valence-electron chi connectivity index (χ2n) is 5.38. The van der Waals surface area contributed by atoms with Crippen LogP contribution in [0.25, 0.3) is 0 Å². The smallest absolute Gasteiger partial charge is 0.209 e. The van der Waals surface area contributed by atoms with E-state index in [0.29, 0.717) is 18.2 Å². The van der Waals surface area contributed by atoms with Gasteiger partial charge in [-0.1, -0.05) is 18.0 Å². The molecule has 0 atom stereocenters. The Labute approximate surface area is 161 Å². The first-order valence-corrected chi connectivity index (χ1v) is 8.74.